The average molecular weight is 427 g/mol. The van der Waals surface area contributed by atoms with E-state index in [0.717, 1.165) is 50.6 Å². The Bertz CT molecular complexity index is 1010. The molecule has 7 nitrogen and oxygen atoms in total. The van der Waals surface area contributed by atoms with E-state index in [2.05, 4.69) is 39.0 Å². The Balaban J connectivity index is 1.73. The van der Waals surface area contributed by atoms with E-state index < -0.39 is 0 Å². The van der Waals surface area contributed by atoms with Crippen molar-refractivity contribution in [2.75, 3.05) is 10.6 Å². The van der Waals surface area contributed by atoms with Crippen LogP contribution in [-0.4, -0.2) is 36.8 Å². The maximum atomic E-state index is 14.3. The van der Waals surface area contributed by atoms with Gasteiger partial charge in [-0.2, -0.15) is 4.98 Å². The van der Waals surface area contributed by atoms with E-state index >= 15 is 0 Å². The number of benzene rings is 1. The molecule has 1 unspecified atom stereocenters. The van der Waals surface area contributed by atoms with E-state index in [9.17, 15) is 9.50 Å². The zero-order chi connectivity index (χ0) is 21.8. The summed E-state index contributed by atoms with van der Waals surface area (Å²) in [6, 6.07) is 7.01. The number of aliphatic hydroxyl groups excluding tert-OH is 1. The zero-order valence-electron chi connectivity index (χ0n) is 18.2. The molecule has 31 heavy (non-hydrogen) atoms. The van der Waals surface area contributed by atoms with Crippen LogP contribution in [0.25, 0.3) is 11.2 Å². The number of halogens is 1. The lowest BCUT2D eigenvalue weighted by atomic mass is 9.93. The van der Waals surface area contributed by atoms with Crippen molar-refractivity contribution in [3.63, 3.8) is 0 Å². The molecule has 1 aliphatic rings. The fourth-order valence-corrected chi connectivity index (χ4v) is 4.30. The Morgan fingerprint density at radius 2 is 1.94 bits per heavy atom. The second-order valence-corrected chi connectivity index (χ2v) is 8.31. The molecule has 0 bridgehead atoms. The van der Waals surface area contributed by atoms with E-state index in [-0.39, 0.29) is 18.0 Å². The normalized spacial score (nSPS) is 20.0. The Morgan fingerprint density at radius 1 is 1.16 bits per heavy atom. The summed E-state index contributed by atoms with van der Waals surface area (Å²) >= 11 is 0. The van der Waals surface area contributed by atoms with Crippen LogP contribution in [0.4, 0.5) is 22.0 Å². The summed E-state index contributed by atoms with van der Waals surface area (Å²) in [6.07, 6.45) is 7.70. The Morgan fingerprint density at radius 3 is 2.65 bits per heavy atom. The van der Waals surface area contributed by atoms with E-state index in [4.69, 9.17) is 4.98 Å². The smallest absolute Gasteiger partial charge is 0.224 e. The van der Waals surface area contributed by atoms with Gasteiger partial charge in [0.25, 0.3) is 0 Å². The van der Waals surface area contributed by atoms with Crippen LogP contribution in [0.3, 0.4) is 0 Å². The number of para-hydroxylation sites is 1. The Labute approximate surface area is 182 Å². The van der Waals surface area contributed by atoms with Crippen molar-refractivity contribution in [2.24, 2.45) is 0 Å². The molecule has 1 atom stereocenters. The van der Waals surface area contributed by atoms with Crippen LogP contribution in [0.5, 0.6) is 0 Å². The minimum absolute atomic E-state index is 0.128. The standard InChI is InChI=1S/C23H31FN6O/c1-3-7-15(4-2)26-22-25-14-20-21(29-22)30(16-10-12-17(31)13-11-16)23(28-20)27-19-9-6-5-8-18(19)24/h5-6,8-9,14-17,31H,3-4,7,10-13H2,1-2H3,(H,27,28)(H,25,26,29). The highest BCUT2D eigenvalue weighted by atomic mass is 19.1. The van der Waals surface area contributed by atoms with Gasteiger partial charge >= 0.3 is 0 Å². The number of aliphatic hydroxyl groups is 1. The third kappa shape index (κ3) is 4.79. The van der Waals surface area contributed by atoms with Crippen molar-refractivity contribution in [2.45, 2.75) is 77.0 Å². The lowest BCUT2D eigenvalue weighted by Crippen LogP contribution is -2.23. The summed E-state index contributed by atoms with van der Waals surface area (Å²) in [5.41, 5.74) is 1.76. The van der Waals surface area contributed by atoms with Crippen LogP contribution < -0.4 is 10.6 Å². The van der Waals surface area contributed by atoms with Crippen LogP contribution in [-0.2, 0) is 0 Å². The van der Waals surface area contributed by atoms with Crippen LogP contribution in [0.1, 0.15) is 64.8 Å². The number of aromatic nitrogens is 4. The molecule has 1 fully saturated rings. The molecule has 1 aliphatic carbocycles. The minimum Gasteiger partial charge on any atom is -0.393 e. The molecule has 3 aromatic rings. The molecular formula is C23H31FN6O. The van der Waals surface area contributed by atoms with E-state index in [0.29, 0.717) is 29.1 Å². The van der Waals surface area contributed by atoms with Gasteiger partial charge in [-0.05, 0) is 50.7 Å². The van der Waals surface area contributed by atoms with Crippen molar-refractivity contribution in [1.29, 1.82) is 0 Å². The van der Waals surface area contributed by atoms with Crippen LogP contribution in [0.2, 0.25) is 0 Å². The van der Waals surface area contributed by atoms with E-state index in [1.807, 2.05) is 0 Å². The second-order valence-electron chi connectivity index (χ2n) is 8.31. The van der Waals surface area contributed by atoms with Crippen LogP contribution >= 0.6 is 0 Å². The minimum atomic E-state index is -0.334. The van der Waals surface area contributed by atoms with Crippen LogP contribution in [0, 0.1) is 5.82 Å². The summed E-state index contributed by atoms with van der Waals surface area (Å²) in [6.45, 7) is 4.32. The number of imidazole rings is 1. The molecule has 166 valence electrons. The van der Waals surface area contributed by atoms with Crippen molar-refractivity contribution in [3.05, 3.63) is 36.3 Å². The number of rotatable bonds is 8. The molecule has 0 radical (unpaired) electrons. The quantitative estimate of drug-likeness (QED) is 0.460. The molecule has 1 saturated carbocycles. The Kier molecular flexibility index (Phi) is 6.65. The molecule has 1 aromatic carbocycles. The monoisotopic (exact) mass is 426 g/mol. The van der Waals surface area contributed by atoms with Crippen molar-refractivity contribution >= 4 is 28.7 Å². The first-order valence-corrected chi connectivity index (χ1v) is 11.3. The number of fused-ring (bicyclic) bond motifs is 1. The lowest BCUT2D eigenvalue weighted by Gasteiger charge is -2.28. The highest BCUT2D eigenvalue weighted by Gasteiger charge is 2.26. The predicted molar refractivity (Wildman–Crippen MR) is 121 cm³/mol. The van der Waals surface area contributed by atoms with E-state index in [1.54, 1.807) is 24.4 Å². The SMILES string of the molecule is CCCC(CC)Nc1ncc2nc(Nc3ccccc3F)n(C3CCC(O)CC3)c2n1. The van der Waals surface area contributed by atoms with Gasteiger partial charge in [-0.3, -0.25) is 4.57 Å². The van der Waals surface area contributed by atoms with Gasteiger partial charge in [-0.25, -0.2) is 14.4 Å². The number of nitrogens with one attached hydrogen (secondary N) is 2. The highest BCUT2D eigenvalue weighted by molar-refractivity contribution is 5.76. The third-order valence-electron chi connectivity index (χ3n) is 6.05. The molecule has 8 heteroatoms. The predicted octanol–water partition coefficient (Wildman–Crippen LogP) is 5.18. The third-order valence-corrected chi connectivity index (χ3v) is 6.05. The summed E-state index contributed by atoms with van der Waals surface area (Å²) < 4.78 is 16.4. The van der Waals surface area contributed by atoms with Gasteiger partial charge in [-0.1, -0.05) is 32.4 Å². The van der Waals surface area contributed by atoms with Gasteiger partial charge in [0.1, 0.15) is 11.3 Å². The molecule has 2 aromatic heterocycles. The van der Waals surface area contributed by atoms with Gasteiger partial charge in [0.2, 0.25) is 11.9 Å². The average Bonchev–Trinajstić information content (AvgIpc) is 3.13. The lowest BCUT2D eigenvalue weighted by molar-refractivity contribution is 0.112. The summed E-state index contributed by atoms with van der Waals surface area (Å²) in [5, 5.41) is 16.6. The molecule has 3 N–H and O–H groups in total. The highest BCUT2D eigenvalue weighted by Crippen LogP contribution is 2.35. The molecular weight excluding hydrogens is 395 g/mol. The first-order chi connectivity index (χ1) is 15.1. The van der Waals surface area contributed by atoms with Gasteiger partial charge in [-0.15, -0.1) is 0 Å². The first-order valence-electron chi connectivity index (χ1n) is 11.3. The van der Waals surface area contributed by atoms with Gasteiger partial charge in [0, 0.05) is 12.1 Å². The molecule has 0 saturated heterocycles. The van der Waals surface area contributed by atoms with Crippen LogP contribution in [0.15, 0.2) is 30.5 Å². The molecule has 0 amide bonds. The number of nitrogens with zero attached hydrogens (tertiary/aromatic N) is 4. The maximum absolute atomic E-state index is 14.3. The van der Waals surface area contributed by atoms with Crippen molar-refractivity contribution < 1.29 is 9.50 Å². The topological polar surface area (TPSA) is 87.9 Å². The molecule has 0 spiro atoms. The molecule has 0 aliphatic heterocycles. The summed E-state index contributed by atoms with van der Waals surface area (Å²) in [7, 11) is 0. The van der Waals surface area contributed by atoms with Crippen molar-refractivity contribution in [1.82, 2.24) is 19.5 Å². The fraction of sp³-hybridized carbons (Fsp3) is 0.522. The summed E-state index contributed by atoms with van der Waals surface area (Å²) in [5.74, 6) is 0.801. The first kappa shape index (κ1) is 21.5. The van der Waals surface area contributed by atoms with Gasteiger partial charge < -0.3 is 15.7 Å². The van der Waals surface area contributed by atoms with Crippen molar-refractivity contribution in [3.8, 4) is 0 Å². The Hall–Kier alpha value is -2.74. The number of hydrogen-bond donors (Lipinski definition) is 3. The van der Waals surface area contributed by atoms with Gasteiger partial charge in [0.15, 0.2) is 5.65 Å². The van der Waals surface area contributed by atoms with E-state index in [1.165, 1.54) is 6.07 Å². The maximum Gasteiger partial charge on any atom is 0.224 e. The second kappa shape index (κ2) is 9.60. The molecule has 2 heterocycles. The molecule has 4 rings (SSSR count). The number of anilines is 3. The largest absolute Gasteiger partial charge is 0.393 e. The summed E-state index contributed by atoms with van der Waals surface area (Å²) in [4.78, 5) is 14.0. The number of hydrogen-bond acceptors (Lipinski definition) is 6. The van der Waals surface area contributed by atoms with Gasteiger partial charge in [0.05, 0.1) is 18.0 Å². The fourth-order valence-electron chi connectivity index (χ4n) is 4.30. The zero-order valence-corrected chi connectivity index (χ0v) is 18.2.